The van der Waals surface area contributed by atoms with E-state index in [4.69, 9.17) is 21.1 Å². The van der Waals surface area contributed by atoms with Gasteiger partial charge in [0, 0.05) is 43.2 Å². The molecule has 2 aromatic heterocycles. The minimum absolute atomic E-state index is 0.0446. The van der Waals surface area contributed by atoms with Crippen molar-refractivity contribution in [1.82, 2.24) is 14.6 Å². The molecule has 0 bridgehead atoms. The van der Waals surface area contributed by atoms with Gasteiger partial charge in [-0.2, -0.15) is 0 Å². The Morgan fingerprint density at radius 3 is 2.66 bits per heavy atom. The molecule has 0 spiro atoms. The van der Waals surface area contributed by atoms with E-state index in [1.54, 1.807) is 44.7 Å². The topological polar surface area (TPSA) is 81.0 Å². The molecule has 29 heavy (non-hydrogen) atoms. The molecule has 1 aliphatic rings. The van der Waals surface area contributed by atoms with Crippen LogP contribution in [0.3, 0.4) is 0 Å². The van der Waals surface area contributed by atoms with E-state index in [-0.39, 0.29) is 11.8 Å². The third kappa shape index (κ3) is 4.07. The molecule has 3 aromatic rings. The fourth-order valence-electron chi connectivity index (χ4n) is 3.57. The molecule has 9 heteroatoms. The molecular weight excluding hydrogens is 394 g/mol. The van der Waals surface area contributed by atoms with Gasteiger partial charge in [0.25, 0.3) is 0 Å². The van der Waals surface area contributed by atoms with Crippen molar-refractivity contribution < 1.29 is 14.3 Å². The third-order valence-electron chi connectivity index (χ3n) is 5.04. The predicted molar refractivity (Wildman–Crippen MR) is 111 cm³/mol. The van der Waals surface area contributed by atoms with Crippen molar-refractivity contribution in [3.63, 3.8) is 0 Å². The van der Waals surface area contributed by atoms with Gasteiger partial charge in [-0.15, -0.1) is 10.2 Å². The molecule has 1 aromatic carbocycles. The van der Waals surface area contributed by atoms with Crippen LogP contribution in [0.2, 0.25) is 5.02 Å². The molecular formula is C20H22ClN5O3. The summed E-state index contributed by atoms with van der Waals surface area (Å²) in [5.41, 5.74) is 1.36. The summed E-state index contributed by atoms with van der Waals surface area (Å²) in [6, 6.07) is 8.91. The lowest BCUT2D eigenvalue weighted by molar-refractivity contribution is -0.120. The maximum Gasteiger partial charge on any atom is 0.231 e. The van der Waals surface area contributed by atoms with E-state index in [2.05, 4.69) is 20.4 Å². The summed E-state index contributed by atoms with van der Waals surface area (Å²) in [5.74, 6) is 1.72. The van der Waals surface area contributed by atoms with Crippen LogP contribution in [-0.2, 0) is 4.79 Å². The number of aromatic nitrogens is 3. The monoisotopic (exact) mass is 415 g/mol. The number of piperidine rings is 1. The number of fused-ring (bicyclic) bond motifs is 1. The van der Waals surface area contributed by atoms with Crippen LogP contribution in [-0.4, -0.2) is 47.8 Å². The number of carbonyl (C=O) groups excluding carboxylic acids is 1. The number of benzene rings is 1. The first kappa shape index (κ1) is 19.3. The molecule has 0 aliphatic carbocycles. The summed E-state index contributed by atoms with van der Waals surface area (Å²) in [4.78, 5) is 15.0. The highest BCUT2D eigenvalue weighted by Crippen LogP contribution is 2.28. The number of ether oxygens (including phenoxy) is 2. The standard InChI is InChI=1S/C20H22ClN5O3/c1-28-16-8-15(9-17(10-16)29-2)22-19(27)13-4-3-7-25(11-13)20-24-23-18-6-5-14(21)12-26(18)20/h5-6,8-10,12-13H,3-4,7,11H2,1-2H3,(H,22,27)/t13-/m0/s1. The summed E-state index contributed by atoms with van der Waals surface area (Å²) < 4.78 is 12.4. The number of amides is 1. The average molecular weight is 416 g/mol. The van der Waals surface area contributed by atoms with Gasteiger partial charge in [0.1, 0.15) is 11.5 Å². The van der Waals surface area contributed by atoms with E-state index >= 15 is 0 Å². The Morgan fingerprint density at radius 1 is 1.17 bits per heavy atom. The molecule has 1 aliphatic heterocycles. The van der Waals surface area contributed by atoms with Gasteiger partial charge in [0.05, 0.1) is 25.2 Å². The third-order valence-corrected chi connectivity index (χ3v) is 5.27. The van der Waals surface area contributed by atoms with E-state index in [9.17, 15) is 4.79 Å². The molecule has 1 fully saturated rings. The van der Waals surface area contributed by atoms with Crippen LogP contribution < -0.4 is 19.7 Å². The smallest absolute Gasteiger partial charge is 0.231 e. The zero-order chi connectivity index (χ0) is 20.4. The Hall–Kier alpha value is -3.00. The molecule has 1 N–H and O–H groups in total. The zero-order valence-electron chi connectivity index (χ0n) is 16.3. The van der Waals surface area contributed by atoms with Gasteiger partial charge in [-0.25, -0.2) is 0 Å². The molecule has 152 valence electrons. The lowest BCUT2D eigenvalue weighted by Gasteiger charge is -2.32. The second-order valence-electron chi connectivity index (χ2n) is 6.95. The Bertz CT molecular complexity index is 1020. The van der Waals surface area contributed by atoms with E-state index in [1.807, 2.05) is 10.5 Å². The van der Waals surface area contributed by atoms with Crippen molar-refractivity contribution in [2.45, 2.75) is 12.8 Å². The van der Waals surface area contributed by atoms with Crippen LogP contribution in [0.4, 0.5) is 11.6 Å². The number of halogens is 1. The van der Waals surface area contributed by atoms with Crippen molar-refractivity contribution in [1.29, 1.82) is 0 Å². The number of carbonyl (C=O) groups is 1. The molecule has 8 nitrogen and oxygen atoms in total. The van der Waals surface area contributed by atoms with Crippen molar-refractivity contribution in [3.8, 4) is 11.5 Å². The zero-order valence-corrected chi connectivity index (χ0v) is 17.0. The number of rotatable bonds is 5. The first-order chi connectivity index (χ1) is 14.1. The van der Waals surface area contributed by atoms with E-state index in [0.717, 1.165) is 25.0 Å². The van der Waals surface area contributed by atoms with E-state index in [0.29, 0.717) is 34.7 Å². The maximum absolute atomic E-state index is 12.9. The van der Waals surface area contributed by atoms with Crippen LogP contribution in [0, 0.1) is 5.92 Å². The number of hydrogen-bond donors (Lipinski definition) is 1. The van der Waals surface area contributed by atoms with E-state index in [1.165, 1.54) is 0 Å². The Kier molecular flexibility index (Phi) is 5.44. The average Bonchev–Trinajstić information content (AvgIpc) is 3.16. The summed E-state index contributed by atoms with van der Waals surface area (Å²) in [7, 11) is 3.16. The van der Waals surface area contributed by atoms with Gasteiger partial charge in [0.15, 0.2) is 5.65 Å². The minimum Gasteiger partial charge on any atom is -0.497 e. The fraction of sp³-hybridized carbons (Fsp3) is 0.350. The van der Waals surface area contributed by atoms with Crippen molar-refractivity contribution in [3.05, 3.63) is 41.6 Å². The highest BCUT2D eigenvalue weighted by Gasteiger charge is 2.28. The van der Waals surface area contributed by atoms with Gasteiger partial charge >= 0.3 is 0 Å². The summed E-state index contributed by atoms with van der Waals surface area (Å²) in [6.45, 7) is 1.37. The van der Waals surface area contributed by atoms with Gasteiger partial charge < -0.3 is 19.7 Å². The van der Waals surface area contributed by atoms with Crippen molar-refractivity contribution >= 4 is 34.8 Å². The van der Waals surface area contributed by atoms with Crippen LogP contribution in [0.15, 0.2) is 36.5 Å². The Balaban J connectivity index is 1.51. The number of nitrogens with one attached hydrogen (secondary N) is 1. The molecule has 4 rings (SSSR count). The quantitative estimate of drug-likeness (QED) is 0.688. The first-order valence-corrected chi connectivity index (χ1v) is 9.74. The largest absolute Gasteiger partial charge is 0.497 e. The molecule has 1 saturated heterocycles. The lowest BCUT2D eigenvalue weighted by Crippen LogP contribution is -2.41. The number of pyridine rings is 1. The molecule has 0 saturated carbocycles. The fourth-order valence-corrected chi connectivity index (χ4v) is 3.73. The SMILES string of the molecule is COc1cc(NC(=O)[C@H]2CCCN(c3nnc4ccc(Cl)cn34)C2)cc(OC)c1. The molecule has 1 amide bonds. The summed E-state index contributed by atoms with van der Waals surface area (Å²) in [5, 5.41) is 12.1. The van der Waals surface area contributed by atoms with Crippen molar-refractivity contribution in [2.75, 3.05) is 37.5 Å². The number of hydrogen-bond acceptors (Lipinski definition) is 6. The van der Waals surface area contributed by atoms with Gasteiger partial charge in [-0.3, -0.25) is 9.20 Å². The molecule has 0 radical (unpaired) electrons. The number of nitrogens with zero attached hydrogens (tertiary/aromatic N) is 4. The number of anilines is 2. The second-order valence-corrected chi connectivity index (χ2v) is 7.39. The number of methoxy groups -OCH3 is 2. The highest BCUT2D eigenvalue weighted by molar-refractivity contribution is 6.30. The Morgan fingerprint density at radius 2 is 1.93 bits per heavy atom. The van der Waals surface area contributed by atoms with Crippen LogP contribution in [0.1, 0.15) is 12.8 Å². The Labute approximate surface area is 173 Å². The summed E-state index contributed by atoms with van der Waals surface area (Å²) in [6.07, 6.45) is 3.48. The maximum atomic E-state index is 12.9. The molecule has 0 unspecified atom stereocenters. The predicted octanol–water partition coefficient (Wildman–Crippen LogP) is 3.26. The van der Waals surface area contributed by atoms with Gasteiger partial charge in [0.2, 0.25) is 11.9 Å². The van der Waals surface area contributed by atoms with Gasteiger partial charge in [-0.1, -0.05) is 11.6 Å². The van der Waals surface area contributed by atoms with Crippen LogP contribution >= 0.6 is 11.6 Å². The molecule has 1 atom stereocenters. The van der Waals surface area contributed by atoms with E-state index < -0.39 is 0 Å². The first-order valence-electron chi connectivity index (χ1n) is 9.36. The normalized spacial score (nSPS) is 16.7. The lowest BCUT2D eigenvalue weighted by atomic mass is 9.97. The van der Waals surface area contributed by atoms with Crippen LogP contribution in [0.25, 0.3) is 5.65 Å². The second kappa shape index (κ2) is 8.16. The highest BCUT2D eigenvalue weighted by atomic mass is 35.5. The molecule has 3 heterocycles. The minimum atomic E-state index is -0.174. The van der Waals surface area contributed by atoms with Crippen LogP contribution in [0.5, 0.6) is 11.5 Å². The summed E-state index contributed by atoms with van der Waals surface area (Å²) >= 11 is 6.13. The van der Waals surface area contributed by atoms with Crippen molar-refractivity contribution in [2.24, 2.45) is 5.92 Å². The van der Waals surface area contributed by atoms with Gasteiger partial charge in [-0.05, 0) is 25.0 Å².